The number of hydrogen-bond acceptors (Lipinski definition) is 0. The zero-order valence-corrected chi connectivity index (χ0v) is 16.5. The summed E-state index contributed by atoms with van der Waals surface area (Å²) in [5.74, 6) is 2.82. The van der Waals surface area contributed by atoms with Gasteiger partial charge in [-0.15, -0.1) is 0 Å². The second kappa shape index (κ2) is 11.0. The highest BCUT2D eigenvalue weighted by Crippen LogP contribution is 2.37. The van der Waals surface area contributed by atoms with Gasteiger partial charge in [-0.2, -0.15) is 0 Å². The molecule has 1 aliphatic carbocycles. The Morgan fingerprint density at radius 2 is 1.46 bits per heavy atom. The van der Waals surface area contributed by atoms with E-state index in [-0.39, 0.29) is 0 Å². The van der Waals surface area contributed by atoms with Crippen molar-refractivity contribution < 1.29 is 0 Å². The van der Waals surface area contributed by atoms with Gasteiger partial charge < -0.3 is 0 Å². The maximum atomic E-state index is 2.45. The van der Waals surface area contributed by atoms with E-state index >= 15 is 0 Å². The number of rotatable bonds is 10. The number of unbranched alkanes of at least 4 members (excludes halogenated alkanes) is 5. The summed E-state index contributed by atoms with van der Waals surface area (Å²) in [4.78, 5) is 0. The lowest BCUT2D eigenvalue weighted by Gasteiger charge is -2.34. The summed E-state index contributed by atoms with van der Waals surface area (Å²) in [7, 11) is 0. The largest absolute Gasteiger partial charge is 0.0654 e. The Hall–Kier alpha value is -0.780. The van der Waals surface area contributed by atoms with E-state index in [1.165, 1.54) is 77.0 Å². The van der Waals surface area contributed by atoms with Gasteiger partial charge >= 0.3 is 0 Å². The summed E-state index contributed by atoms with van der Waals surface area (Å²) in [6.45, 7) is 7.12. The van der Waals surface area contributed by atoms with E-state index in [1.807, 2.05) is 0 Å². The molecule has 0 heterocycles. The van der Waals surface area contributed by atoms with Gasteiger partial charge in [0.2, 0.25) is 0 Å². The van der Waals surface area contributed by atoms with Crippen LogP contribution in [0.15, 0.2) is 24.3 Å². The first-order valence-corrected chi connectivity index (χ1v) is 10.8. The van der Waals surface area contributed by atoms with E-state index in [2.05, 4.69) is 45.0 Å². The van der Waals surface area contributed by atoms with Crippen molar-refractivity contribution in [2.24, 2.45) is 17.8 Å². The van der Waals surface area contributed by atoms with Crippen LogP contribution in [-0.2, 0) is 12.8 Å². The first kappa shape index (κ1) is 19.5. The zero-order chi connectivity index (χ0) is 17.2. The van der Waals surface area contributed by atoms with Crippen LogP contribution >= 0.6 is 0 Å². The molecular formula is C24H40. The average molecular weight is 329 g/mol. The van der Waals surface area contributed by atoms with Crippen molar-refractivity contribution in [1.82, 2.24) is 0 Å². The van der Waals surface area contributed by atoms with Crippen molar-refractivity contribution in [1.29, 1.82) is 0 Å². The first-order chi connectivity index (χ1) is 11.7. The molecule has 1 fully saturated rings. The summed E-state index contributed by atoms with van der Waals surface area (Å²) in [6.07, 6.45) is 16.7. The fraction of sp³-hybridized carbons (Fsp3) is 0.750. The molecular weight excluding hydrogens is 288 g/mol. The van der Waals surface area contributed by atoms with Gasteiger partial charge in [-0.1, -0.05) is 90.0 Å². The second-order valence-corrected chi connectivity index (χ2v) is 8.39. The van der Waals surface area contributed by atoms with Crippen LogP contribution in [0, 0.1) is 17.8 Å². The highest BCUT2D eigenvalue weighted by atomic mass is 14.3. The minimum Gasteiger partial charge on any atom is -0.0654 e. The van der Waals surface area contributed by atoms with Crippen LogP contribution in [0.4, 0.5) is 0 Å². The Morgan fingerprint density at radius 3 is 2.17 bits per heavy atom. The van der Waals surface area contributed by atoms with Gasteiger partial charge in [0.1, 0.15) is 0 Å². The smallest absolute Gasteiger partial charge is 0.0248 e. The predicted molar refractivity (Wildman–Crippen MR) is 108 cm³/mol. The maximum Gasteiger partial charge on any atom is -0.0248 e. The highest BCUT2D eigenvalue weighted by molar-refractivity contribution is 5.23. The molecule has 0 spiro atoms. The van der Waals surface area contributed by atoms with Crippen molar-refractivity contribution >= 4 is 0 Å². The lowest BCUT2D eigenvalue weighted by atomic mass is 9.71. The van der Waals surface area contributed by atoms with Gasteiger partial charge in [0.05, 0.1) is 0 Å². The lowest BCUT2D eigenvalue weighted by Crippen LogP contribution is -2.25. The minimum atomic E-state index is 0.920. The molecule has 1 aliphatic rings. The summed E-state index contributed by atoms with van der Waals surface area (Å²) in [5.41, 5.74) is 3.11. The SMILES string of the molecule is CCCCCCCCc1ccc(CC2CC(C)CCC2CC)cc1. The van der Waals surface area contributed by atoms with Gasteiger partial charge in [-0.3, -0.25) is 0 Å². The predicted octanol–water partition coefficient (Wildman–Crippen LogP) is 7.59. The van der Waals surface area contributed by atoms with Gasteiger partial charge in [-0.25, -0.2) is 0 Å². The monoisotopic (exact) mass is 328 g/mol. The van der Waals surface area contributed by atoms with E-state index < -0.39 is 0 Å². The Balaban J connectivity index is 1.74. The van der Waals surface area contributed by atoms with Crippen molar-refractivity contribution in [2.45, 2.75) is 97.8 Å². The summed E-state index contributed by atoms with van der Waals surface area (Å²) >= 11 is 0. The Labute approximate surface area is 151 Å². The van der Waals surface area contributed by atoms with Crippen molar-refractivity contribution in [2.75, 3.05) is 0 Å². The molecule has 1 aromatic carbocycles. The third kappa shape index (κ3) is 6.61. The Kier molecular flexibility index (Phi) is 8.92. The topological polar surface area (TPSA) is 0 Å². The maximum absolute atomic E-state index is 2.45. The molecule has 3 unspecified atom stereocenters. The third-order valence-corrected chi connectivity index (χ3v) is 6.27. The summed E-state index contributed by atoms with van der Waals surface area (Å²) < 4.78 is 0. The molecule has 0 amide bonds. The normalized spacial score (nSPS) is 24.2. The summed E-state index contributed by atoms with van der Waals surface area (Å²) in [5, 5.41) is 0. The van der Waals surface area contributed by atoms with Crippen LogP contribution in [0.3, 0.4) is 0 Å². The molecule has 0 nitrogen and oxygen atoms in total. The fourth-order valence-corrected chi connectivity index (χ4v) is 4.60. The van der Waals surface area contributed by atoms with Gasteiger partial charge in [0.15, 0.2) is 0 Å². The molecule has 1 aromatic rings. The first-order valence-electron chi connectivity index (χ1n) is 10.8. The number of hydrogen-bond donors (Lipinski definition) is 0. The molecule has 0 bridgehead atoms. The number of benzene rings is 1. The van der Waals surface area contributed by atoms with Crippen LogP contribution in [-0.4, -0.2) is 0 Å². The summed E-state index contributed by atoms with van der Waals surface area (Å²) in [6, 6.07) is 9.62. The van der Waals surface area contributed by atoms with Crippen LogP contribution in [0.1, 0.15) is 96.1 Å². The molecule has 0 radical (unpaired) electrons. The standard InChI is InChI=1S/C24H40/c1-4-6-7-8-9-10-11-21-13-15-22(16-14-21)19-24-18-20(3)12-17-23(24)5-2/h13-16,20,23-24H,4-12,17-19H2,1-3H3. The molecule has 3 atom stereocenters. The van der Waals surface area contributed by atoms with E-state index in [1.54, 1.807) is 11.1 Å². The van der Waals surface area contributed by atoms with E-state index in [9.17, 15) is 0 Å². The number of aryl methyl sites for hydroxylation is 1. The van der Waals surface area contributed by atoms with Crippen LogP contribution in [0.25, 0.3) is 0 Å². The van der Waals surface area contributed by atoms with Gasteiger partial charge in [-0.05, 0) is 61.0 Å². The van der Waals surface area contributed by atoms with Crippen LogP contribution in [0.2, 0.25) is 0 Å². The fourth-order valence-electron chi connectivity index (χ4n) is 4.60. The molecule has 0 saturated heterocycles. The van der Waals surface area contributed by atoms with Gasteiger partial charge in [0, 0.05) is 0 Å². The van der Waals surface area contributed by atoms with Crippen molar-refractivity contribution in [3.8, 4) is 0 Å². The highest BCUT2D eigenvalue weighted by Gasteiger charge is 2.27. The van der Waals surface area contributed by atoms with E-state index in [0.29, 0.717) is 0 Å². The average Bonchev–Trinajstić information content (AvgIpc) is 2.60. The van der Waals surface area contributed by atoms with Crippen molar-refractivity contribution in [3.63, 3.8) is 0 Å². The molecule has 1 saturated carbocycles. The molecule has 0 aliphatic heterocycles. The van der Waals surface area contributed by atoms with Crippen molar-refractivity contribution in [3.05, 3.63) is 35.4 Å². The molecule has 24 heavy (non-hydrogen) atoms. The van der Waals surface area contributed by atoms with Crippen LogP contribution in [0.5, 0.6) is 0 Å². The molecule has 0 aromatic heterocycles. The van der Waals surface area contributed by atoms with E-state index in [4.69, 9.17) is 0 Å². The molecule has 2 rings (SSSR count). The molecule has 0 heteroatoms. The van der Waals surface area contributed by atoms with Crippen LogP contribution < -0.4 is 0 Å². The molecule has 136 valence electrons. The van der Waals surface area contributed by atoms with E-state index in [0.717, 1.165) is 17.8 Å². The Morgan fingerprint density at radius 1 is 0.792 bits per heavy atom. The second-order valence-electron chi connectivity index (χ2n) is 8.39. The lowest BCUT2D eigenvalue weighted by molar-refractivity contribution is 0.183. The Bertz CT molecular complexity index is 430. The minimum absolute atomic E-state index is 0.920. The quantitative estimate of drug-likeness (QED) is 0.388. The molecule has 0 N–H and O–H groups in total. The third-order valence-electron chi connectivity index (χ3n) is 6.27. The zero-order valence-electron chi connectivity index (χ0n) is 16.5. The van der Waals surface area contributed by atoms with Gasteiger partial charge in [0.25, 0.3) is 0 Å².